The van der Waals surface area contributed by atoms with Crippen molar-refractivity contribution < 1.29 is 4.79 Å². The smallest absolute Gasteiger partial charge is 0.314 e. The van der Waals surface area contributed by atoms with Crippen LogP contribution in [-0.4, -0.2) is 34.0 Å². The Kier molecular flexibility index (Phi) is 2.07. The van der Waals surface area contributed by atoms with Crippen molar-refractivity contribution in [3.05, 3.63) is 35.7 Å². The molecular weight excluding hydrogens is 240 g/mol. The van der Waals surface area contributed by atoms with Gasteiger partial charge in [-0.15, -0.1) is 0 Å². The second-order valence-electron chi connectivity index (χ2n) is 5.40. The third kappa shape index (κ3) is 1.51. The van der Waals surface area contributed by atoms with Gasteiger partial charge in [0.15, 0.2) is 0 Å². The number of amides is 2. The lowest BCUT2D eigenvalue weighted by molar-refractivity contribution is 0.187. The number of urea groups is 1. The summed E-state index contributed by atoms with van der Waals surface area (Å²) in [5.74, 6) is 0.792. The summed E-state index contributed by atoms with van der Waals surface area (Å²) in [7, 11) is 0. The zero-order valence-electron chi connectivity index (χ0n) is 10.4. The summed E-state index contributed by atoms with van der Waals surface area (Å²) in [6.07, 6.45) is 4.53. The molecule has 2 aromatic rings. The van der Waals surface area contributed by atoms with E-state index in [9.17, 15) is 4.79 Å². The normalized spacial score (nSPS) is 24.5. The predicted molar refractivity (Wildman–Crippen MR) is 70.8 cm³/mol. The number of nitrogens with two attached hydrogens (primary N) is 1. The van der Waals surface area contributed by atoms with Gasteiger partial charge in [0.2, 0.25) is 0 Å². The molecular formula is C14H14N4O. The number of primary amides is 1. The van der Waals surface area contributed by atoms with Gasteiger partial charge in [0.1, 0.15) is 0 Å². The summed E-state index contributed by atoms with van der Waals surface area (Å²) in [4.78, 5) is 21.9. The number of piperidine rings is 1. The predicted octanol–water partition coefficient (Wildman–Crippen LogP) is 1.59. The first-order chi connectivity index (χ1) is 9.22. The molecule has 0 radical (unpaired) electrons. The maximum atomic E-state index is 11.4. The van der Waals surface area contributed by atoms with Crippen LogP contribution in [0.5, 0.6) is 0 Å². The van der Waals surface area contributed by atoms with Gasteiger partial charge in [-0.25, -0.2) is 4.79 Å². The van der Waals surface area contributed by atoms with E-state index in [2.05, 4.69) is 22.1 Å². The van der Waals surface area contributed by atoms with Crippen LogP contribution in [0.1, 0.15) is 29.4 Å². The van der Waals surface area contributed by atoms with E-state index >= 15 is 0 Å². The van der Waals surface area contributed by atoms with Gasteiger partial charge in [-0.2, -0.15) is 0 Å². The van der Waals surface area contributed by atoms with Crippen LogP contribution in [0.25, 0.3) is 11.0 Å². The monoisotopic (exact) mass is 254 g/mol. The summed E-state index contributed by atoms with van der Waals surface area (Å²) >= 11 is 0. The molecule has 2 heterocycles. The maximum Gasteiger partial charge on any atom is 0.314 e. The van der Waals surface area contributed by atoms with Crippen molar-refractivity contribution in [1.29, 1.82) is 0 Å². The first-order valence-corrected chi connectivity index (χ1v) is 6.51. The first-order valence-electron chi connectivity index (χ1n) is 6.51. The highest BCUT2D eigenvalue weighted by molar-refractivity contribution is 5.78. The van der Waals surface area contributed by atoms with Gasteiger partial charge in [-0.3, -0.25) is 9.97 Å². The lowest BCUT2D eigenvalue weighted by atomic mass is 9.96. The van der Waals surface area contributed by atoms with E-state index in [1.54, 1.807) is 17.3 Å². The number of hydrogen-bond donors (Lipinski definition) is 1. The van der Waals surface area contributed by atoms with Crippen molar-refractivity contribution in [2.45, 2.75) is 18.3 Å². The van der Waals surface area contributed by atoms with Gasteiger partial charge in [-0.05, 0) is 29.7 Å². The Morgan fingerprint density at radius 1 is 1.11 bits per heavy atom. The highest BCUT2D eigenvalue weighted by Gasteiger charge is 2.39. The van der Waals surface area contributed by atoms with Crippen molar-refractivity contribution in [1.82, 2.24) is 14.9 Å². The fourth-order valence-corrected chi connectivity index (χ4v) is 3.48. The zero-order valence-corrected chi connectivity index (χ0v) is 10.4. The number of fused-ring (bicyclic) bond motifs is 6. The maximum absolute atomic E-state index is 11.4. The molecule has 1 aliphatic heterocycles. The highest BCUT2D eigenvalue weighted by atomic mass is 16.2. The fourth-order valence-electron chi connectivity index (χ4n) is 3.48. The number of aromatic nitrogens is 2. The molecule has 2 unspecified atom stereocenters. The van der Waals surface area contributed by atoms with E-state index < -0.39 is 0 Å². The number of benzene rings is 1. The van der Waals surface area contributed by atoms with Crippen LogP contribution >= 0.6 is 0 Å². The minimum absolute atomic E-state index is 0.316. The molecule has 0 spiro atoms. The van der Waals surface area contributed by atoms with Gasteiger partial charge in [0.05, 0.1) is 11.0 Å². The molecule has 1 saturated heterocycles. The van der Waals surface area contributed by atoms with Crippen LogP contribution in [0.15, 0.2) is 24.5 Å². The Morgan fingerprint density at radius 2 is 1.63 bits per heavy atom. The van der Waals surface area contributed by atoms with Crippen LogP contribution in [0.4, 0.5) is 4.79 Å². The number of rotatable bonds is 0. The van der Waals surface area contributed by atoms with Crippen LogP contribution in [0, 0.1) is 0 Å². The molecule has 19 heavy (non-hydrogen) atoms. The minimum Gasteiger partial charge on any atom is -0.351 e. The molecule has 2 bridgehead atoms. The molecule has 4 rings (SSSR count). The van der Waals surface area contributed by atoms with Crippen molar-refractivity contribution in [3.63, 3.8) is 0 Å². The van der Waals surface area contributed by atoms with Crippen molar-refractivity contribution in [3.8, 4) is 0 Å². The largest absolute Gasteiger partial charge is 0.351 e. The molecule has 96 valence electrons. The molecule has 1 fully saturated rings. The number of hydrogen-bond acceptors (Lipinski definition) is 3. The van der Waals surface area contributed by atoms with Crippen molar-refractivity contribution >= 4 is 17.1 Å². The molecule has 1 aromatic heterocycles. The Morgan fingerprint density at radius 3 is 2.11 bits per heavy atom. The third-order valence-electron chi connectivity index (χ3n) is 4.32. The highest BCUT2D eigenvalue weighted by Crippen LogP contribution is 2.46. The molecule has 1 aromatic carbocycles. The summed E-state index contributed by atoms with van der Waals surface area (Å²) in [5.41, 5.74) is 9.92. The lowest BCUT2D eigenvalue weighted by Crippen LogP contribution is -2.42. The zero-order chi connectivity index (χ0) is 13.0. The average Bonchev–Trinajstić information content (AvgIpc) is 2.67. The van der Waals surface area contributed by atoms with E-state index in [4.69, 9.17) is 5.73 Å². The summed E-state index contributed by atoms with van der Waals surface area (Å²) in [6, 6.07) is 3.95. The van der Waals surface area contributed by atoms with Gasteiger partial charge >= 0.3 is 6.03 Å². The van der Waals surface area contributed by atoms with Crippen molar-refractivity contribution in [2.75, 3.05) is 13.1 Å². The topological polar surface area (TPSA) is 72.1 Å². The lowest BCUT2D eigenvalue weighted by Gasteiger charge is -2.30. The summed E-state index contributed by atoms with van der Waals surface area (Å²) < 4.78 is 0. The van der Waals surface area contributed by atoms with Crippen LogP contribution in [-0.2, 0) is 0 Å². The third-order valence-corrected chi connectivity index (χ3v) is 4.32. The SMILES string of the molecule is NC(=O)N1CC2CC(C1)c1cc3nccnc3cc12. The molecule has 5 heteroatoms. The van der Waals surface area contributed by atoms with Crippen LogP contribution in [0.3, 0.4) is 0 Å². The van der Waals surface area contributed by atoms with Crippen LogP contribution in [0.2, 0.25) is 0 Å². The number of likely N-dealkylation sites (tertiary alicyclic amines) is 1. The fraction of sp³-hybridized carbons (Fsp3) is 0.357. The number of carbonyl (C=O) groups is 1. The summed E-state index contributed by atoms with van der Waals surface area (Å²) in [6.45, 7) is 1.45. The van der Waals surface area contributed by atoms with E-state index in [0.717, 1.165) is 30.5 Å². The number of nitrogens with zero attached hydrogens (tertiary/aromatic N) is 3. The molecule has 2 amide bonds. The summed E-state index contributed by atoms with van der Waals surface area (Å²) in [5, 5.41) is 0. The van der Waals surface area contributed by atoms with E-state index in [-0.39, 0.29) is 6.03 Å². The van der Waals surface area contributed by atoms with Crippen LogP contribution < -0.4 is 5.73 Å². The van der Waals surface area contributed by atoms with Gasteiger partial charge < -0.3 is 10.6 Å². The Labute approximate surface area is 110 Å². The van der Waals surface area contributed by atoms with E-state index in [0.29, 0.717) is 11.8 Å². The van der Waals surface area contributed by atoms with Crippen molar-refractivity contribution in [2.24, 2.45) is 5.73 Å². The molecule has 1 aliphatic carbocycles. The Hall–Kier alpha value is -2.17. The Balaban J connectivity index is 1.85. The molecule has 2 aliphatic rings. The van der Waals surface area contributed by atoms with E-state index in [1.807, 2.05) is 0 Å². The second kappa shape index (κ2) is 3.66. The minimum atomic E-state index is -0.316. The average molecular weight is 254 g/mol. The quantitative estimate of drug-likeness (QED) is 0.776. The molecule has 5 nitrogen and oxygen atoms in total. The second-order valence-corrected chi connectivity index (χ2v) is 5.40. The number of carbonyl (C=O) groups excluding carboxylic acids is 1. The first kappa shape index (κ1) is 10.7. The molecule has 2 atom stereocenters. The standard InChI is InChI=1S/C14H14N4O/c15-14(19)18-6-8-3-9(7-18)11-5-13-12(4-10(8)11)16-1-2-17-13/h1-2,4-5,8-9H,3,6-7H2,(H2,15,19). The molecule has 0 saturated carbocycles. The van der Waals surface area contributed by atoms with Gasteiger partial charge in [0, 0.05) is 37.3 Å². The van der Waals surface area contributed by atoms with E-state index in [1.165, 1.54) is 11.1 Å². The van der Waals surface area contributed by atoms with Gasteiger partial charge in [0.25, 0.3) is 0 Å². The van der Waals surface area contributed by atoms with Gasteiger partial charge in [-0.1, -0.05) is 0 Å². The molecule has 2 N–H and O–H groups in total. The Bertz CT molecular complexity index is 634.